The van der Waals surface area contributed by atoms with Gasteiger partial charge in [-0.15, -0.1) is 0 Å². The molecule has 27 heavy (non-hydrogen) atoms. The third kappa shape index (κ3) is 5.88. The number of benzene rings is 1. The van der Waals surface area contributed by atoms with Crippen LogP contribution in [0.2, 0.25) is 0 Å². The average molecular weight is 361 g/mol. The summed E-state index contributed by atoms with van der Waals surface area (Å²) in [5, 5.41) is 0. The zero-order chi connectivity index (χ0) is 18.7. The summed E-state index contributed by atoms with van der Waals surface area (Å²) in [6.07, 6.45) is 12.9. The zero-order valence-corrected chi connectivity index (χ0v) is 16.0. The second-order valence-corrected chi connectivity index (χ2v) is 6.67. The standard InChI is InChI=1S/C23H27N3O/c1-2-3-4-5-6-10-15-27-23-25-17-21(18-26-23)20-13-14-22(24-16-20)19-11-8-7-9-12-19/h7-9,11-14,16-18H,2-6,10,15H2,1H3. The molecule has 0 bridgehead atoms. The number of aromatic nitrogens is 3. The molecule has 3 aromatic rings. The van der Waals surface area contributed by atoms with Crippen molar-refractivity contribution >= 4 is 0 Å². The van der Waals surface area contributed by atoms with E-state index in [-0.39, 0.29) is 0 Å². The minimum atomic E-state index is 0.446. The van der Waals surface area contributed by atoms with Crippen molar-refractivity contribution in [3.05, 3.63) is 61.1 Å². The van der Waals surface area contributed by atoms with E-state index in [0.717, 1.165) is 28.8 Å². The van der Waals surface area contributed by atoms with E-state index in [1.807, 2.05) is 36.5 Å². The summed E-state index contributed by atoms with van der Waals surface area (Å²) in [6.45, 7) is 2.91. The van der Waals surface area contributed by atoms with E-state index in [0.29, 0.717) is 12.6 Å². The van der Waals surface area contributed by atoms with E-state index >= 15 is 0 Å². The number of hydrogen-bond acceptors (Lipinski definition) is 4. The monoisotopic (exact) mass is 361 g/mol. The lowest BCUT2D eigenvalue weighted by molar-refractivity contribution is 0.281. The highest BCUT2D eigenvalue weighted by molar-refractivity contribution is 5.65. The van der Waals surface area contributed by atoms with Gasteiger partial charge in [0.1, 0.15) is 0 Å². The van der Waals surface area contributed by atoms with Gasteiger partial charge in [0.25, 0.3) is 0 Å². The molecular formula is C23H27N3O. The van der Waals surface area contributed by atoms with Crippen molar-refractivity contribution in [1.29, 1.82) is 0 Å². The van der Waals surface area contributed by atoms with Crippen LogP contribution in [0, 0.1) is 0 Å². The molecule has 4 nitrogen and oxygen atoms in total. The Balaban J connectivity index is 1.50. The van der Waals surface area contributed by atoms with E-state index in [1.165, 1.54) is 32.1 Å². The van der Waals surface area contributed by atoms with Crippen molar-refractivity contribution in [2.24, 2.45) is 0 Å². The summed E-state index contributed by atoms with van der Waals surface area (Å²) in [4.78, 5) is 13.2. The molecule has 0 N–H and O–H groups in total. The van der Waals surface area contributed by atoms with Crippen LogP contribution in [-0.4, -0.2) is 21.6 Å². The zero-order valence-electron chi connectivity index (χ0n) is 16.0. The highest BCUT2D eigenvalue weighted by Crippen LogP contribution is 2.22. The van der Waals surface area contributed by atoms with E-state index in [2.05, 4.69) is 34.0 Å². The highest BCUT2D eigenvalue weighted by atomic mass is 16.5. The Morgan fingerprint density at radius 1 is 0.667 bits per heavy atom. The molecule has 0 spiro atoms. The second kappa shape index (κ2) is 10.4. The van der Waals surface area contributed by atoms with Gasteiger partial charge in [0.2, 0.25) is 0 Å². The normalized spacial score (nSPS) is 10.7. The fourth-order valence-corrected chi connectivity index (χ4v) is 2.93. The summed E-state index contributed by atoms with van der Waals surface area (Å²) in [5.41, 5.74) is 4.00. The Kier molecular flexibility index (Phi) is 7.34. The Labute approximate surface area is 161 Å². The summed E-state index contributed by atoms with van der Waals surface area (Å²) < 4.78 is 5.64. The number of hydrogen-bond donors (Lipinski definition) is 0. The Morgan fingerprint density at radius 2 is 1.37 bits per heavy atom. The smallest absolute Gasteiger partial charge is 0.316 e. The van der Waals surface area contributed by atoms with Crippen LogP contribution >= 0.6 is 0 Å². The van der Waals surface area contributed by atoms with Gasteiger partial charge in [0.05, 0.1) is 12.3 Å². The number of ether oxygens (including phenoxy) is 1. The van der Waals surface area contributed by atoms with Crippen LogP contribution in [0.5, 0.6) is 6.01 Å². The van der Waals surface area contributed by atoms with Gasteiger partial charge in [-0.2, -0.15) is 0 Å². The van der Waals surface area contributed by atoms with Crippen molar-refractivity contribution in [3.63, 3.8) is 0 Å². The van der Waals surface area contributed by atoms with Crippen LogP contribution in [-0.2, 0) is 0 Å². The van der Waals surface area contributed by atoms with Gasteiger partial charge in [0, 0.05) is 35.3 Å². The highest BCUT2D eigenvalue weighted by Gasteiger charge is 2.04. The van der Waals surface area contributed by atoms with Crippen LogP contribution in [0.1, 0.15) is 45.4 Å². The molecule has 2 heterocycles. The van der Waals surface area contributed by atoms with Gasteiger partial charge in [-0.25, -0.2) is 9.97 Å². The Hall–Kier alpha value is -2.75. The summed E-state index contributed by atoms with van der Waals surface area (Å²) in [7, 11) is 0. The van der Waals surface area contributed by atoms with Crippen LogP contribution < -0.4 is 4.74 Å². The second-order valence-electron chi connectivity index (χ2n) is 6.67. The third-order valence-corrected chi connectivity index (χ3v) is 4.52. The molecule has 0 aliphatic carbocycles. The Morgan fingerprint density at radius 3 is 2.07 bits per heavy atom. The molecule has 0 saturated carbocycles. The fourth-order valence-electron chi connectivity index (χ4n) is 2.93. The van der Waals surface area contributed by atoms with Crippen LogP contribution in [0.15, 0.2) is 61.1 Å². The molecular weight excluding hydrogens is 334 g/mol. The van der Waals surface area contributed by atoms with E-state index < -0.39 is 0 Å². The number of nitrogens with zero attached hydrogens (tertiary/aromatic N) is 3. The molecule has 0 amide bonds. The Bertz CT molecular complexity index is 786. The lowest BCUT2D eigenvalue weighted by atomic mass is 10.1. The van der Waals surface area contributed by atoms with Gasteiger partial charge in [-0.1, -0.05) is 75.4 Å². The van der Waals surface area contributed by atoms with Crippen molar-refractivity contribution in [3.8, 4) is 28.4 Å². The quantitative estimate of drug-likeness (QED) is 0.419. The molecule has 140 valence electrons. The minimum Gasteiger partial charge on any atom is -0.463 e. The first-order valence-electron chi connectivity index (χ1n) is 9.83. The molecule has 0 atom stereocenters. The average Bonchev–Trinajstić information content (AvgIpc) is 2.74. The first-order valence-corrected chi connectivity index (χ1v) is 9.83. The van der Waals surface area contributed by atoms with Gasteiger partial charge in [-0.05, 0) is 12.5 Å². The number of pyridine rings is 1. The first-order chi connectivity index (χ1) is 13.4. The maximum absolute atomic E-state index is 5.64. The number of rotatable bonds is 10. The van der Waals surface area contributed by atoms with Crippen molar-refractivity contribution in [2.45, 2.75) is 45.4 Å². The summed E-state index contributed by atoms with van der Waals surface area (Å²) in [5.74, 6) is 0. The summed E-state index contributed by atoms with van der Waals surface area (Å²) in [6, 6.07) is 14.7. The maximum Gasteiger partial charge on any atom is 0.316 e. The molecule has 4 heteroatoms. The molecule has 0 fully saturated rings. The molecule has 1 aromatic carbocycles. The third-order valence-electron chi connectivity index (χ3n) is 4.52. The van der Waals surface area contributed by atoms with Crippen LogP contribution in [0.25, 0.3) is 22.4 Å². The van der Waals surface area contributed by atoms with Crippen LogP contribution in [0.3, 0.4) is 0 Å². The predicted octanol–water partition coefficient (Wildman–Crippen LogP) is 5.94. The van der Waals surface area contributed by atoms with Crippen LogP contribution in [0.4, 0.5) is 0 Å². The molecule has 0 unspecified atom stereocenters. The van der Waals surface area contributed by atoms with Crippen molar-refractivity contribution in [2.75, 3.05) is 6.61 Å². The van der Waals surface area contributed by atoms with Gasteiger partial charge in [0.15, 0.2) is 0 Å². The topological polar surface area (TPSA) is 47.9 Å². The lowest BCUT2D eigenvalue weighted by Crippen LogP contribution is -2.01. The summed E-state index contributed by atoms with van der Waals surface area (Å²) >= 11 is 0. The molecule has 0 radical (unpaired) electrons. The fraction of sp³-hybridized carbons (Fsp3) is 0.348. The van der Waals surface area contributed by atoms with E-state index in [1.54, 1.807) is 12.4 Å². The molecule has 0 aliphatic rings. The van der Waals surface area contributed by atoms with E-state index in [4.69, 9.17) is 4.74 Å². The van der Waals surface area contributed by atoms with E-state index in [9.17, 15) is 0 Å². The van der Waals surface area contributed by atoms with Crippen molar-refractivity contribution < 1.29 is 4.74 Å². The minimum absolute atomic E-state index is 0.446. The SMILES string of the molecule is CCCCCCCCOc1ncc(-c2ccc(-c3ccccc3)nc2)cn1. The number of unbranched alkanes of at least 4 members (excludes halogenated alkanes) is 5. The molecule has 0 aliphatic heterocycles. The van der Waals surface area contributed by atoms with Gasteiger partial charge >= 0.3 is 6.01 Å². The molecule has 2 aromatic heterocycles. The lowest BCUT2D eigenvalue weighted by Gasteiger charge is -2.06. The maximum atomic E-state index is 5.64. The first kappa shape index (κ1) is 19.0. The van der Waals surface area contributed by atoms with Gasteiger partial charge in [-0.3, -0.25) is 4.98 Å². The molecule has 3 rings (SSSR count). The van der Waals surface area contributed by atoms with Gasteiger partial charge < -0.3 is 4.74 Å². The largest absolute Gasteiger partial charge is 0.463 e. The van der Waals surface area contributed by atoms with Crippen molar-refractivity contribution in [1.82, 2.24) is 15.0 Å². The molecule has 0 saturated heterocycles. The predicted molar refractivity (Wildman–Crippen MR) is 110 cm³/mol.